The highest BCUT2D eigenvalue weighted by Crippen LogP contribution is 2.16. The van der Waals surface area contributed by atoms with Gasteiger partial charge in [-0.2, -0.15) is 11.8 Å². The van der Waals surface area contributed by atoms with Crippen molar-refractivity contribution in [1.82, 2.24) is 5.32 Å². The van der Waals surface area contributed by atoms with Crippen LogP contribution in [0.3, 0.4) is 0 Å². The Morgan fingerprint density at radius 2 is 1.74 bits per heavy atom. The number of methoxy groups -OCH3 is 1. The molecule has 0 unspecified atom stereocenters. The van der Waals surface area contributed by atoms with Crippen molar-refractivity contribution in [3.63, 3.8) is 0 Å². The Morgan fingerprint density at radius 1 is 1.04 bits per heavy atom. The third-order valence-corrected chi connectivity index (χ3v) is 5.15. The van der Waals surface area contributed by atoms with Gasteiger partial charge in [-0.15, -0.1) is 0 Å². The zero-order valence-corrected chi connectivity index (χ0v) is 16.5. The molecule has 0 fully saturated rings. The number of thioether (sulfide) groups is 1. The van der Waals surface area contributed by atoms with Crippen molar-refractivity contribution in [3.05, 3.63) is 65.7 Å². The highest BCUT2D eigenvalue weighted by atomic mass is 32.2. The Labute approximate surface area is 164 Å². The summed E-state index contributed by atoms with van der Waals surface area (Å²) >= 11 is 1.68. The van der Waals surface area contributed by atoms with Crippen LogP contribution in [-0.2, 0) is 26.6 Å². The topological polar surface area (TPSA) is 64.6 Å². The molecule has 2 aromatic rings. The lowest BCUT2D eigenvalue weighted by atomic mass is 10.2. The molecule has 1 amide bonds. The largest absolute Gasteiger partial charge is 0.497 e. The minimum absolute atomic E-state index is 0.256. The van der Waals surface area contributed by atoms with Crippen molar-refractivity contribution in [2.45, 2.75) is 19.2 Å². The van der Waals surface area contributed by atoms with Gasteiger partial charge >= 0.3 is 5.97 Å². The summed E-state index contributed by atoms with van der Waals surface area (Å²) < 4.78 is 10.2. The SMILES string of the molecule is COc1ccc(CNC(=O)COC(=O)[C@@H](C)CSCc2ccccc2)cc1. The second kappa shape index (κ2) is 11.3. The first kappa shape index (κ1) is 20.8. The summed E-state index contributed by atoms with van der Waals surface area (Å²) in [5.41, 5.74) is 2.17. The van der Waals surface area contributed by atoms with Gasteiger partial charge in [-0.1, -0.05) is 49.4 Å². The van der Waals surface area contributed by atoms with E-state index in [4.69, 9.17) is 9.47 Å². The standard InChI is InChI=1S/C21H25NO4S/c1-16(14-27-15-18-6-4-3-5-7-18)21(24)26-13-20(23)22-12-17-8-10-19(25-2)11-9-17/h3-11,16H,12-15H2,1-2H3,(H,22,23)/t16-/m0/s1. The minimum Gasteiger partial charge on any atom is -0.497 e. The Morgan fingerprint density at radius 3 is 2.41 bits per heavy atom. The van der Waals surface area contributed by atoms with E-state index < -0.39 is 0 Å². The van der Waals surface area contributed by atoms with E-state index in [0.29, 0.717) is 12.3 Å². The van der Waals surface area contributed by atoms with Crippen LogP contribution in [-0.4, -0.2) is 31.3 Å². The monoisotopic (exact) mass is 387 g/mol. The summed E-state index contributed by atoms with van der Waals surface area (Å²) in [5.74, 6) is 1.34. The highest BCUT2D eigenvalue weighted by Gasteiger charge is 2.16. The molecule has 0 aliphatic rings. The molecule has 0 saturated carbocycles. The van der Waals surface area contributed by atoms with Crippen molar-refractivity contribution >= 4 is 23.6 Å². The van der Waals surface area contributed by atoms with E-state index in [0.717, 1.165) is 17.1 Å². The molecule has 1 N–H and O–H groups in total. The number of amides is 1. The van der Waals surface area contributed by atoms with Crippen molar-refractivity contribution in [1.29, 1.82) is 0 Å². The predicted molar refractivity (Wildman–Crippen MR) is 108 cm³/mol. The molecule has 0 saturated heterocycles. The van der Waals surface area contributed by atoms with Gasteiger partial charge in [-0.25, -0.2) is 0 Å². The fourth-order valence-corrected chi connectivity index (χ4v) is 3.31. The third kappa shape index (κ3) is 7.74. The molecule has 0 radical (unpaired) electrons. The number of hydrogen-bond acceptors (Lipinski definition) is 5. The first-order chi connectivity index (χ1) is 13.1. The molecule has 0 aliphatic heterocycles. The molecule has 27 heavy (non-hydrogen) atoms. The van der Waals surface area contributed by atoms with Gasteiger partial charge in [0.2, 0.25) is 0 Å². The van der Waals surface area contributed by atoms with Gasteiger partial charge in [-0.3, -0.25) is 9.59 Å². The summed E-state index contributed by atoms with van der Waals surface area (Å²) in [6, 6.07) is 17.5. The van der Waals surface area contributed by atoms with Crippen LogP contribution in [0.4, 0.5) is 0 Å². The molecular weight excluding hydrogens is 362 g/mol. The van der Waals surface area contributed by atoms with Crippen LogP contribution < -0.4 is 10.1 Å². The van der Waals surface area contributed by atoms with Crippen LogP contribution in [0.1, 0.15) is 18.1 Å². The molecule has 1 atom stereocenters. The van der Waals surface area contributed by atoms with Crippen LogP contribution in [0.2, 0.25) is 0 Å². The second-order valence-corrected chi connectivity index (χ2v) is 7.16. The Balaban J connectivity index is 1.62. The summed E-state index contributed by atoms with van der Waals surface area (Å²) in [4.78, 5) is 23.9. The fourth-order valence-electron chi connectivity index (χ4n) is 2.27. The number of nitrogens with one attached hydrogen (secondary N) is 1. The normalized spacial score (nSPS) is 11.5. The molecule has 0 aromatic heterocycles. The van der Waals surface area contributed by atoms with Gasteiger partial charge in [0.25, 0.3) is 5.91 Å². The summed E-state index contributed by atoms with van der Waals surface area (Å²) in [5, 5.41) is 2.73. The number of benzene rings is 2. The van der Waals surface area contributed by atoms with Gasteiger partial charge in [0, 0.05) is 18.1 Å². The molecule has 6 heteroatoms. The molecule has 2 rings (SSSR count). The Kier molecular flexibility index (Phi) is 8.71. The zero-order chi connectivity index (χ0) is 19.5. The second-order valence-electron chi connectivity index (χ2n) is 6.13. The third-order valence-electron chi connectivity index (χ3n) is 3.88. The maximum atomic E-state index is 12.0. The smallest absolute Gasteiger partial charge is 0.309 e. The van der Waals surface area contributed by atoms with E-state index >= 15 is 0 Å². The van der Waals surface area contributed by atoms with E-state index in [-0.39, 0.29) is 24.4 Å². The van der Waals surface area contributed by atoms with E-state index in [9.17, 15) is 9.59 Å². The number of esters is 1. The van der Waals surface area contributed by atoms with E-state index in [2.05, 4.69) is 17.4 Å². The molecule has 0 spiro atoms. The predicted octanol–water partition coefficient (Wildman–Crippen LogP) is 3.42. The molecule has 0 bridgehead atoms. The molecule has 2 aromatic carbocycles. The first-order valence-electron chi connectivity index (χ1n) is 8.76. The maximum absolute atomic E-state index is 12.0. The number of rotatable bonds is 10. The zero-order valence-electron chi connectivity index (χ0n) is 15.6. The average molecular weight is 388 g/mol. The summed E-state index contributed by atoms with van der Waals surface area (Å²) in [7, 11) is 1.60. The van der Waals surface area contributed by atoms with E-state index in [1.165, 1.54) is 5.56 Å². The van der Waals surface area contributed by atoms with Crippen LogP contribution in [0.25, 0.3) is 0 Å². The minimum atomic E-state index is -0.352. The van der Waals surface area contributed by atoms with E-state index in [1.807, 2.05) is 49.4 Å². The number of carbonyl (C=O) groups is 2. The highest BCUT2D eigenvalue weighted by molar-refractivity contribution is 7.98. The fraction of sp³-hybridized carbons (Fsp3) is 0.333. The Bertz CT molecular complexity index is 719. The number of carbonyl (C=O) groups excluding carboxylic acids is 2. The van der Waals surface area contributed by atoms with Gasteiger partial charge in [-0.05, 0) is 23.3 Å². The van der Waals surface area contributed by atoms with Crippen molar-refractivity contribution in [2.75, 3.05) is 19.5 Å². The van der Waals surface area contributed by atoms with Gasteiger partial charge < -0.3 is 14.8 Å². The molecule has 5 nitrogen and oxygen atoms in total. The van der Waals surface area contributed by atoms with Gasteiger partial charge in [0.15, 0.2) is 6.61 Å². The van der Waals surface area contributed by atoms with Crippen LogP contribution in [0, 0.1) is 5.92 Å². The van der Waals surface area contributed by atoms with Crippen LogP contribution >= 0.6 is 11.8 Å². The molecule has 0 heterocycles. The van der Waals surface area contributed by atoms with Crippen molar-refractivity contribution < 1.29 is 19.1 Å². The van der Waals surface area contributed by atoms with Crippen molar-refractivity contribution in [3.8, 4) is 5.75 Å². The maximum Gasteiger partial charge on any atom is 0.309 e. The lowest BCUT2D eigenvalue weighted by Gasteiger charge is -2.11. The van der Waals surface area contributed by atoms with Gasteiger partial charge in [0.1, 0.15) is 5.75 Å². The number of ether oxygens (including phenoxy) is 2. The Hall–Kier alpha value is -2.47. The molecule has 144 valence electrons. The summed E-state index contributed by atoms with van der Waals surface area (Å²) in [6.45, 7) is 1.93. The molecular formula is C21H25NO4S. The summed E-state index contributed by atoms with van der Waals surface area (Å²) in [6.07, 6.45) is 0. The van der Waals surface area contributed by atoms with Crippen LogP contribution in [0.5, 0.6) is 5.75 Å². The van der Waals surface area contributed by atoms with Crippen LogP contribution in [0.15, 0.2) is 54.6 Å². The average Bonchev–Trinajstić information content (AvgIpc) is 2.71. The van der Waals surface area contributed by atoms with Gasteiger partial charge in [0.05, 0.1) is 13.0 Å². The van der Waals surface area contributed by atoms with Crippen molar-refractivity contribution in [2.24, 2.45) is 5.92 Å². The lowest BCUT2D eigenvalue weighted by molar-refractivity contribution is -0.151. The first-order valence-corrected chi connectivity index (χ1v) is 9.92. The quantitative estimate of drug-likeness (QED) is 0.633. The lowest BCUT2D eigenvalue weighted by Crippen LogP contribution is -2.30. The van der Waals surface area contributed by atoms with E-state index in [1.54, 1.807) is 18.9 Å². The molecule has 0 aliphatic carbocycles. The number of hydrogen-bond donors (Lipinski definition) is 1.